The summed E-state index contributed by atoms with van der Waals surface area (Å²) in [5.74, 6) is -5.38. The van der Waals surface area contributed by atoms with Crippen LogP contribution in [0.4, 0.5) is 5.69 Å². The van der Waals surface area contributed by atoms with Crippen LogP contribution in [-0.2, 0) is 19.2 Å². The van der Waals surface area contributed by atoms with Crippen LogP contribution in [0.1, 0.15) is 40.2 Å². The van der Waals surface area contributed by atoms with Crippen molar-refractivity contribution >= 4 is 74.2 Å². The lowest BCUT2D eigenvalue weighted by Gasteiger charge is -2.51. The van der Waals surface area contributed by atoms with E-state index in [0.29, 0.717) is 33.7 Å². The van der Waals surface area contributed by atoms with Gasteiger partial charge in [0.2, 0.25) is 11.8 Å². The molecule has 3 aromatic rings. The van der Waals surface area contributed by atoms with E-state index in [1.807, 2.05) is 12.1 Å². The number of hydrogen-bond donors (Lipinski definition) is 1. The number of hydrogen-bond acceptors (Lipinski definition) is 7. The normalized spacial score (nSPS) is 29.4. The predicted octanol–water partition coefficient (Wildman–Crippen LogP) is 5.20. The van der Waals surface area contributed by atoms with Crippen LogP contribution in [0.2, 0.25) is 0 Å². The van der Waals surface area contributed by atoms with Crippen molar-refractivity contribution in [2.45, 2.75) is 28.5 Å². The van der Waals surface area contributed by atoms with Gasteiger partial charge in [-0.15, -0.1) is 23.2 Å². The molecule has 6 unspecified atom stereocenters. The fourth-order valence-electron chi connectivity index (χ4n) is 7.88. The van der Waals surface area contributed by atoms with Crippen LogP contribution in [0, 0.1) is 17.8 Å². The number of para-hydroxylation sites is 1. The summed E-state index contributed by atoms with van der Waals surface area (Å²) in [5, 5.41) is 9.49. The van der Waals surface area contributed by atoms with Crippen LogP contribution in [0.25, 0.3) is 0 Å². The van der Waals surface area contributed by atoms with Gasteiger partial charge in [-0.1, -0.05) is 76.1 Å². The standard InChI is InChI=1S/C36H29BrCl2N2O7/c37-19-40-33(46)35(38)18-26-23(29(36(35,39)34(40)47)24-8-4-5-9-27(24)48-17-16-42)14-15-25-28(26)32(45)41(31(25)44)22-12-10-21(11-13-22)30(43)20-6-2-1-3-7-20/h1-14,25-26,28-29,42H,15-19H2. The Morgan fingerprint density at radius 3 is 2.23 bits per heavy atom. The molecule has 0 spiro atoms. The molecule has 0 aromatic heterocycles. The van der Waals surface area contributed by atoms with Gasteiger partial charge in [0.05, 0.1) is 29.6 Å². The number of benzene rings is 3. The van der Waals surface area contributed by atoms with Gasteiger partial charge in [0.15, 0.2) is 15.5 Å². The topological polar surface area (TPSA) is 121 Å². The molecular formula is C36H29BrCl2N2O7. The molecule has 2 aliphatic carbocycles. The van der Waals surface area contributed by atoms with Crippen molar-refractivity contribution in [2.75, 3.05) is 23.6 Å². The average Bonchev–Trinajstić information content (AvgIpc) is 3.44. The van der Waals surface area contributed by atoms with Gasteiger partial charge in [-0.25, -0.2) is 0 Å². The maximum Gasteiger partial charge on any atom is 0.254 e. The van der Waals surface area contributed by atoms with E-state index in [2.05, 4.69) is 15.9 Å². The number of halogens is 3. The first-order valence-electron chi connectivity index (χ1n) is 15.5. The Bertz CT molecular complexity index is 1890. The molecule has 0 bridgehead atoms. The third-order valence-corrected chi connectivity index (χ3v) is 11.9. The molecule has 7 rings (SSSR count). The number of aliphatic hydroxyl groups is 1. The molecule has 1 N–H and O–H groups in total. The van der Waals surface area contributed by atoms with Gasteiger partial charge in [0, 0.05) is 22.6 Å². The molecule has 3 aromatic carbocycles. The minimum absolute atomic E-state index is 0.0315. The second kappa shape index (κ2) is 12.2. The van der Waals surface area contributed by atoms with Crippen molar-refractivity contribution in [3.8, 4) is 5.75 Å². The summed E-state index contributed by atoms with van der Waals surface area (Å²) in [7, 11) is 0. The molecule has 0 radical (unpaired) electrons. The third kappa shape index (κ3) is 4.64. The SMILES string of the molecule is O=C(c1ccccc1)c1ccc(N2C(=O)C3CC=C4C(CC5(Cl)C(=O)N(CBr)C(=O)C5(Cl)C4c4ccccc4OCCO)C3C2=O)cc1. The molecule has 2 aliphatic heterocycles. The maximum atomic E-state index is 14.4. The fourth-order valence-corrected chi connectivity index (χ4v) is 9.29. The minimum Gasteiger partial charge on any atom is -0.491 e. The van der Waals surface area contributed by atoms with Crippen LogP contribution in [0.5, 0.6) is 5.75 Å². The number of rotatable bonds is 8. The Morgan fingerprint density at radius 2 is 1.54 bits per heavy atom. The largest absolute Gasteiger partial charge is 0.491 e. The molecule has 1 saturated carbocycles. The van der Waals surface area contributed by atoms with Crippen LogP contribution in [0.15, 0.2) is 90.5 Å². The molecule has 2 heterocycles. The van der Waals surface area contributed by atoms with Gasteiger partial charge < -0.3 is 9.84 Å². The molecule has 12 heteroatoms. The first-order valence-corrected chi connectivity index (χ1v) is 17.4. The first-order chi connectivity index (χ1) is 23.1. The zero-order valence-corrected chi connectivity index (χ0v) is 28.5. The third-order valence-electron chi connectivity index (χ3n) is 10.0. The highest BCUT2D eigenvalue weighted by Gasteiger charge is 2.76. The fraction of sp³-hybridized carbons (Fsp3) is 0.306. The number of alkyl halides is 3. The number of ketones is 1. The van der Waals surface area contributed by atoms with E-state index in [9.17, 15) is 29.1 Å². The van der Waals surface area contributed by atoms with Crippen LogP contribution >= 0.6 is 39.1 Å². The highest BCUT2D eigenvalue weighted by Crippen LogP contribution is 2.66. The number of allylic oxidation sites excluding steroid dienone is 2. The monoisotopic (exact) mass is 750 g/mol. The number of imide groups is 2. The lowest BCUT2D eigenvalue weighted by molar-refractivity contribution is -0.138. The molecule has 2 saturated heterocycles. The zero-order valence-electron chi connectivity index (χ0n) is 25.4. The number of aliphatic hydroxyl groups excluding tert-OH is 1. The molecule has 6 atom stereocenters. The second-order valence-corrected chi connectivity index (χ2v) is 14.1. The van der Waals surface area contributed by atoms with Crippen molar-refractivity contribution in [2.24, 2.45) is 17.8 Å². The predicted molar refractivity (Wildman–Crippen MR) is 181 cm³/mol. The molecule has 3 fully saturated rings. The number of nitrogens with zero attached hydrogens (tertiary/aromatic N) is 2. The van der Waals surface area contributed by atoms with E-state index >= 15 is 0 Å². The highest BCUT2D eigenvalue weighted by atomic mass is 79.9. The number of carbonyl (C=O) groups is 5. The quantitative estimate of drug-likeness (QED) is 0.110. The van der Waals surface area contributed by atoms with Crippen molar-refractivity contribution in [1.29, 1.82) is 0 Å². The number of ether oxygens (including phenoxy) is 1. The first kappa shape index (κ1) is 32.7. The maximum absolute atomic E-state index is 14.4. The number of anilines is 1. The number of amides is 4. The summed E-state index contributed by atoms with van der Waals surface area (Å²) in [5.41, 5.74) is 2.23. The Hall–Kier alpha value is -3.83. The summed E-state index contributed by atoms with van der Waals surface area (Å²) in [6.07, 6.45) is 1.91. The van der Waals surface area contributed by atoms with Gasteiger partial charge >= 0.3 is 0 Å². The Labute approximate surface area is 294 Å². The number of carbonyl (C=O) groups excluding carboxylic acids is 5. The van der Waals surface area contributed by atoms with E-state index in [-0.39, 0.29) is 37.3 Å². The average molecular weight is 752 g/mol. The molecule has 246 valence electrons. The Balaban J connectivity index is 1.29. The smallest absolute Gasteiger partial charge is 0.254 e. The lowest BCUT2D eigenvalue weighted by atomic mass is 9.56. The Kier molecular flexibility index (Phi) is 8.35. The molecule has 4 aliphatic rings. The van der Waals surface area contributed by atoms with Gasteiger partial charge in [0.1, 0.15) is 12.4 Å². The lowest BCUT2D eigenvalue weighted by Crippen LogP contribution is -2.60. The van der Waals surface area contributed by atoms with Crippen molar-refractivity contribution in [3.63, 3.8) is 0 Å². The van der Waals surface area contributed by atoms with Gasteiger partial charge in [-0.3, -0.25) is 33.8 Å². The molecule has 48 heavy (non-hydrogen) atoms. The van der Waals surface area contributed by atoms with Gasteiger partial charge in [-0.2, -0.15) is 0 Å². The van der Waals surface area contributed by atoms with Crippen LogP contribution < -0.4 is 9.64 Å². The molecule has 9 nitrogen and oxygen atoms in total. The zero-order chi connectivity index (χ0) is 34.0. The van der Waals surface area contributed by atoms with E-state index in [1.54, 1.807) is 72.8 Å². The molecule has 4 amide bonds. The van der Waals surface area contributed by atoms with E-state index < -0.39 is 57.0 Å². The number of fused-ring (bicyclic) bond motifs is 4. The van der Waals surface area contributed by atoms with E-state index in [1.165, 1.54) is 0 Å². The minimum atomic E-state index is -1.97. The highest BCUT2D eigenvalue weighted by molar-refractivity contribution is 9.09. The summed E-state index contributed by atoms with van der Waals surface area (Å²) in [6.45, 7) is -0.293. The van der Waals surface area contributed by atoms with Crippen molar-refractivity contribution in [1.82, 2.24) is 4.90 Å². The summed E-state index contributed by atoms with van der Waals surface area (Å²) < 4.78 is 5.86. The summed E-state index contributed by atoms with van der Waals surface area (Å²) >= 11 is 17.9. The van der Waals surface area contributed by atoms with Crippen molar-refractivity contribution < 1.29 is 33.8 Å². The van der Waals surface area contributed by atoms with Gasteiger partial charge in [0.25, 0.3) is 11.8 Å². The second-order valence-electron chi connectivity index (χ2n) is 12.4. The van der Waals surface area contributed by atoms with Crippen molar-refractivity contribution in [3.05, 3.63) is 107 Å². The van der Waals surface area contributed by atoms with Gasteiger partial charge in [-0.05, 0) is 49.1 Å². The Morgan fingerprint density at radius 1 is 0.875 bits per heavy atom. The van der Waals surface area contributed by atoms with Crippen LogP contribution in [-0.4, -0.2) is 67.8 Å². The van der Waals surface area contributed by atoms with E-state index in [4.69, 9.17) is 27.9 Å². The molecular weight excluding hydrogens is 723 g/mol. The summed E-state index contributed by atoms with van der Waals surface area (Å²) in [6, 6.07) is 22.0. The summed E-state index contributed by atoms with van der Waals surface area (Å²) in [4.78, 5) is 67.4. The van der Waals surface area contributed by atoms with Crippen LogP contribution in [0.3, 0.4) is 0 Å². The van der Waals surface area contributed by atoms with E-state index in [0.717, 1.165) is 9.80 Å². The number of likely N-dealkylation sites (tertiary alicyclic amines) is 1.